The van der Waals surface area contributed by atoms with Gasteiger partial charge in [0.15, 0.2) is 0 Å². The molecular formula is C14H13ClN2. The van der Waals surface area contributed by atoms with E-state index in [1.807, 2.05) is 6.07 Å². The number of rotatable bonds is 2. The molecule has 0 aromatic heterocycles. The van der Waals surface area contributed by atoms with E-state index in [4.69, 9.17) is 17.3 Å². The van der Waals surface area contributed by atoms with E-state index in [1.54, 1.807) is 0 Å². The maximum absolute atomic E-state index is 5.71. The third kappa shape index (κ3) is 1.69. The van der Waals surface area contributed by atoms with E-state index in [2.05, 4.69) is 29.3 Å². The Hall–Kier alpha value is -1.54. The Morgan fingerprint density at radius 3 is 2.71 bits per heavy atom. The second kappa shape index (κ2) is 4.04. The molecule has 2 aromatic rings. The second-order valence-corrected chi connectivity index (χ2v) is 4.59. The monoisotopic (exact) mass is 244 g/mol. The molecule has 86 valence electrons. The molecule has 0 radical (unpaired) electrons. The summed E-state index contributed by atoms with van der Waals surface area (Å²) in [5.41, 5.74) is 9.46. The minimum Gasteiger partial charge on any atom is -0.386 e. The molecule has 0 unspecified atom stereocenters. The van der Waals surface area contributed by atoms with Crippen LogP contribution in [0.1, 0.15) is 11.1 Å². The van der Waals surface area contributed by atoms with Gasteiger partial charge in [0.25, 0.3) is 0 Å². The lowest BCUT2D eigenvalue weighted by molar-refractivity contribution is 1.02. The predicted octanol–water partition coefficient (Wildman–Crippen LogP) is 3.17. The molecule has 0 amide bonds. The zero-order valence-electron chi connectivity index (χ0n) is 9.41. The molecule has 0 atom stereocenters. The summed E-state index contributed by atoms with van der Waals surface area (Å²) in [5.74, 6) is 0.730. The minimum atomic E-state index is 0.267. The van der Waals surface area contributed by atoms with Crippen LogP contribution >= 0.6 is 11.6 Å². The molecule has 17 heavy (non-hydrogen) atoms. The van der Waals surface area contributed by atoms with Crippen LogP contribution in [0.2, 0.25) is 0 Å². The number of aryl methyl sites for hydroxylation is 2. The van der Waals surface area contributed by atoms with Gasteiger partial charge in [-0.15, -0.1) is 11.6 Å². The summed E-state index contributed by atoms with van der Waals surface area (Å²) in [6.45, 7) is 0. The van der Waals surface area contributed by atoms with Gasteiger partial charge < -0.3 is 5.73 Å². The van der Waals surface area contributed by atoms with Gasteiger partial charge in [0.1, 0.15) is 5.84 Å². The fourth-order valence-electron chi connectivity index (χ4n) is 2.51. The Bertz CT molecular complexity index is 607. The summed E-state index contributed by atoms with van der Waals surface area (Å²) in [7, 11) is 0. The highest BCUT2D eigenvalue weighted by Gasteiger charge is 2.15. The van der Waals surface area contributed by atoms with Gasteiger partial charge in [-0.3, -0.25) is 0 Å². The first kappa shape index (κ1) is 10.6. The first-order chi connectivity index (χ1) is 8.29. The number of nitrogens with two attached hydrogens (primary N) is 1. The lowest BCUT2D eigenvalue weighted by atomic mass is 10.0. The van der Waals surface area contributed by atoms with E-state index in [1.165, 1.54) is 21.9 Å². The Balaban J connectivity index is 2.29. The van der Waals surface area contributed by atoms with Crippen LogP contribution in [-0.2, 0) is 12.8 Å². The number of halogens is 1. The Kier molecular flexibility index (Phi) is 2.52. The highest BCUT2D eigenvalue weighted by molar-refractivity contribution is 6.28. The molecular weight excluding hydrogens is 232 g/mol. The molecule has 2 N–H and O–H groups in total. The zero-order chi connectivity index (χ0) is 11.8. The molecule has 0 heterocycles. The van der Waals surface area contributed by atoms with Crippen molar-refractivity contribution in [3.05, 3.63) is 41.5 Å². The van der Waals surface area contributed by atoms with Crippen LogP contribution in [0.5, 0.6) is 0 Å². The van der Waals surface area contributed by atoms with Crippen LogP contribution in [0.3, 0.4) is 0 Å². The van der Waals surface area contributed by atoms with E-state index >= 15 is 0 Å². The van der Waals surface area contributed by atoms with E-state index in [0.29, 0.717) is 5.84 Å². The van der Waals surface area contributed by atoms with Crippen molar-refractivity contribution in [3.8, 4) is 0 Å². The Morgan fingerprint density at radius 2 is 1.94 bits per heavy atom. The third-order valence-electron chi connectivity index (χ3n) is 3.25. The lowest BCUT2D eigenvalue weighted by Gasteiger charge is -2.05. The Labute approximate surface area is 105 Å². The summed E-state index contributed by atoms with van der Waals surface area (Å²) in [6, 6.07) is 10.6. The summed E-state index contributed by atoms with van der Waals surface area (Å²) < 4.78 is 0. The summed E-state index contributed by atoms with van der Waals surface area (Å²) in [4.78, 5) is 4.38. The molecule has 2 nitrogen and oxygen atoms in total. The molecule has 0 spiro atoms. The maximum Gasteiger partial charge on any atom is 0.115 e. The molecule has 0 saturated heterocycles. The third-order valence-corrected chi connectivity index (χ3v) is 3.53. The molecule has 2 aromatic carbocycles. The van der Waals surface area contributed by atoms with Crippen molar-refractivity contribution in [1.82, 2.24) is 0 Å². The summed E-state index contributed by atoms with van der Waals surface area (Å²) >= 11 is 5.67. The number of benzene rings is 2. The van der Waals surface area contributed by atoms with Crippen molar-refractivity contribution in [2.75, 3.05) is 5.88 Å². The van der Waals surface area contributed by atoms with E-state index < -0.39 is 0 Å². The van der Waals surface area contributed by atoms with E-state index in [-0.39, 0.29) is 5.88 Å². The number of nitrogens with zero attached hydrogens (tertiary/aromatic N) is 1. The first-order valence-corrected chi connectivity index (χ1v) is 6.25. The largest absolute Gasteiger partial charge is 0.386 e. The molecule has 0 saturated carbocycles. The van der Waals surface area contributed by atoms with E-state index in [0.717, 1.165) is 18.5 Å². The van der Waals surface area contributed by atoms with Crippen LogP contribution in [0.4, 0.5) is 5.69 Å². The molecule has 0 bridgehead atoms. The fraction of sp³-hybridized carbons (Fsp3) is 0.214. The van der Waals surface area contributed by atoms with Crippen LogP contribution in [0, 0.1) is 0 Å². The molecule has 1 aliphatic carbocycles. The van der Waals surface area contributed by atoms with Gasteiger partial charge >= 0.3 is 0 Å². The summed E-state index contributed by atoms with van der Waals surface area (Å²) in [5, 5.41) is 2.54. The minimum absolute atomic E-state index is 0.267. The van der Waals surface area contributed by atoms with Crippen molar-refractivity contribution in [2.24, 2.45) is 10.7 Å². The highest BCUT2D eigenvalue weighted by atomic mass is 35.5. The molecule has 3 rings (SSSR count). The highest BCUT2D eigenvalue weighted by Crippen LogP contribution is 2.36. The molecule has 0 aliphatic heterocycles. The number of hydrogen-bond donors (Lipinski definition) is 1. The summed E-state index contributed by atoms with van der Waals surface area (Å²) in [6.07, 6.45) is 2.26. The van der Waals surface area contributed by atoms with Crippen molar-refractivity contribution < 1.29 is 0 Å². The number of amidine groups is 1. The predicted molar refractivity (Wildman–Crippen MR) is 73.4 cm³/mol. The van der Waals surface area contributed by atoms with Gasteiger partial charge in [-0.05, 0) is 35.4 Å². The Morgan fingerprint density at radius 1 is 1.18 bits per heavy atom. The van der Waals surface area contributed by atoms with Crippen molar-refractivity contribution >= 4 is 33.9 Å². The molecule has 0 fully saturated rings. The topological polar surface area (TPSA) is 38.4 Å². The fourth-order valence-corrected chi connectivity index (χ4v) is 2.57. The SMILES string of the molecule is NC(CCl)=Nc1ccc2c3c(cccc13)CC2. The average molecular weight is 245 g/mol. The van der Waals surface area contributed by atoms with E-state index in [9.17, 15) is 0 Å². The van der Waals surface area contributed by atoms with Crippen molar-refractivity contribution in [1.29, 1.82) is 0 Å². The van der Waals surface area contributed by atoms with Crippen LogP contribution < -0.4 is 5.73 Å². The number of aliphatic imine (C=N–C) groups is 1. The first-order valence-electron chi connectivity index (χ1n) is 5.72. The van der Waals surface area contributed by atoms with Crippen molar-refractivity contribution in [3.63, 3.8) is 0 Å². The van der Waals surface area contributed by atoms with Crippen LogP contribution in [0.25, 0.3) is 10.8 Å². The maximum atomic E-state index is 5.71. The second-order valence-electron chi connectivity index (χ2n) is 4.32. The van der Waals surface area contributed by atoms with Gasteiger partial charge in [0.2, 0.25) is 0 Å². The van der Waals surface area contributed by atoms with Gasteiger partial charge in [-0.2, -0.15) is 0 Å². The average Bonchev–Trinajstić information content (AvgIpc) is 2.78. The zero-order valence-corrected chi connectivity index (χ0v) is 10.2. The number of alkyl halides is 1. The quantitative estimate of drug-likeness (QED) is 0.492. The number of hydrogen-bond acceptors (Lipinski definition) is 1. The lowest BCUT2D eigenvalue weighted by Crippen LogP contribution is -2.12. The van der Waals surface area contributed by atoms with Crippen LogP contribution in [0.15, 0.2) is 35.3 Å². The molecule has 3 heteroatoms. The van der Waals surface area contributed by atoms with Gasteiger partial charge in [-0.1, -0.05) is 24.3 Å². The normalized spacial score (nSPS) is 14.5. The molecule has 1 aliphatic rings. The standard InChI is InChI=1S/C14H13ClN2/c15-8-13(16)17-12-7-6-10-5-4-9-2-1-3-11(12)14(9)10/h1-3,6-7H,4-5,8H2,(H2,16,17). The van der Waals surface area contributed by atoms with Crippen molar-refractivity contribution in [2.45, 2.75) is 12.8 Å². The smallest absolute Gasteiger partial charge is 0.115 e. The van der Waals surface area contributed by atoms with Gasteiger partial charge in [0, 0.05) is 5.39 Å². The van der Waals surface area contributed by atoms with Gasteiger partial charge in [-0.25, -0.2) is 4.99 Å². The van der Waals surface area contributed by atoms with Gasteiger partial charge in [0.05, 0.1) is 11.6 Å². The van der Waals surface area contributed by atoms with Crippen LogP contribution in [-0.4, -0.2) is 11.7 Å².